The average Bonchev–Trinajstić information content (AvgIpc) is 3.45. The van der Waals surface area contributed by atoms with E-state index in [2.05, 4.69) is 46.8 Å². The number of hydrogen-bond donors (Lipinski definition) is 1. The number of ether oxygens (including phenoxy) is 1. The average molecular weight is 551 g/mol. The van der Waals surface area contributed by atoms with E-state index >= 15 is 0 Å². The van der Waals surface area contributed by atoms with Crippen LogP contribution >= 0.6 is 23.8 Å². The smallest absolute Gasteiger partial charge is 0.174 e. The van der Waals surface area contributed by atoms with Gasteiger partial charge in [-0.3, -0.25) is 4.98 Å². The highest BCUT2D eigenvalue weighted by molar-refractivity contribution is 7.80. The normalized spacial score (nSPS) is 16.8. The van der Waals surface area contributed by atoms with Crippen LogP contribution in [0.2, 0.25) is 5.02 Å². The molecule has 5 nitrogen and oxygen atoms in total. The fourth-order valence-electron chi connectivity index (χ4n) is 5.32. The maximum absolute atomic E-state index is 6.18. The Morgan fingerprint density at radius 1 is 0.821 bits per heavy atom. The van der Waals surface area contributed by atoms with Gasteiger partial charge < -0.3 is 19.5 Å². The second-order valence-electron chi connectivity index (χ2n) is 9.54. The van der Waals surface area contributed by atoms with Crippen LogP contribution in [-0.4, -0.2) is 14.7 Å². The SMILES string of the molecule is Cc1cc(C2C(c3ccccn3)NC(=S)N2c2ccc(Oc3ccccc3)cc2)c(C)n1-c1ccc(Cl)cc1. The van der Waals surface area contributed by atoms with Crippen molar-refractivity contribution in [3.63, 3.8) is 0 Å². The number of aryl methyl sites for hydroxylation is 1. The van der Waals surface area contributed by atoms with Gasteiger partial charge in [0.15, 0.2) is 5.11 Å². The third-order valence-electron chi connectivity index (χ3n) is 7.07. The lowest BCUT2D eigenvalue weighted by molar-refractivity contribution is 0.482. The van der Waals surface area contributed by atoms with Crippen LogP contribution in [0.5, 0.6) is 11.5 Å². The number of benzene rings is 3. The van der Waals surface area contributed by atoms with Crippen molar-refractivity contribution < 1.29 is 4.74 Å². The first-order chi connectivity index (χ1) is 19.0. The van der Waals surface area contributed by atoms with Gasteiger partial charge in [0.05, 0.1) is 17.8 Å². The van der Waals surface area contributed by atoms with Gasteiger partial charge >= 0.3 is 0 Å². The summed E-state index contributed by atoms with van der Waals surface area (Å²) in [6.07, 6.45) is 1.83. The van der Waals surface area contributed by atoms with Gasteiger partial charge in [-0.05, 0) is 110 Å². The first-order valence-corrected chi connectivity index (χ1v) is 13.6. The summed E-state index contributed by atoms with van der Waals surface area (Å²) in [7, 11) is 0. The number of anilines is 1. The van der Waals surface area contributed by atoms with Gasteiger partial charge in [0, 0.05) is 34.0 Å². The molecule has 3 heterocycles. The molecule has 6 rings (SSSR count). The van der Waals surface area contributed by atoms with Crippen molar-refractivity contribution in [2.24, 2.45) is 0 Å². The molecule has 194 valence electrons. The summed E-state index contributed by atoms with van der Waals surface area (Å²) in [6.45, 7) is 4.28. The van der Waals surface area contributed by atoms with E-state index < -0.39 is 0 Å². The third kappa shape index (κ3) is 4.89. The zero-order chi connectivity index (χ0) is 26.9. The summed E-state index contributed by atoms with van der Waals surface area (Å²) in [5, 5.41) is 4.93. The Bertz CT molecular complexity index is 1600. The molecule has 1 fully saturated rings. The molecule has 0 radical (unpaired) electrons. The molecule has 2 aromatic heterocycles. The van der Waals surface area contributed by atoms with E-state index in [9.17, 15) is 0 Å². The Kier molecular flexibility index (Phi) is 6.81. The monoisotopic (exact) mass is 550 g/mol. The Labute approximate surface area is 238 Å². The lowest BCUT2D eigenvalue weighted by Crippen LogP contribution is -2.29. The second kappa shape index (κ2) is 10.6. The summed E-state index contributed by atoms with van der Waals surface area (Å²) in [5.41, 5.74) is 6.43. The van der Waals surface area contributed by atoms with Crippen molar-refractivity contribution in [3.8, 4) is 17.2 Å². The second-order valence-corrected chi connectivity index (χ2v) is 10.4. The zero-order valence-corrected chi connectivity index (χ0v) is 23.2. The Hall–Kier alpha value is -4.13. The molecule has 5 aromatic rings. The summed E-state index contributed by atoms with van der Waals surface area (Å²) in [5.74, 6) is 1.56. The molecule has 0 spiro atoms. The molecule has 0 aliphatic carbocycles. The minimum absolute atomic E-state index is 0.111. The maximum Gasteiger partial charge on any atom is 0.174 e. The van der Waals surface area contributed by atoms with Crippen LogP contribution in [0.4, 0.5) is 5.69 Å². The number of nitrogens with zero attached hydrogens (tertiary/aromatic N) is 3. The van der Waals surface area contributed by atoms with Crippen LogP contribution in [-0.2, 0) is 0 Å². The molecule has 39 heavy (non-hydrogen) atoms. The number of halogens is 1. The van der Waals surface area contributed by atoms with Crippen molar-refractivity contribution in [2.75, 3.05) is 4.90 Å². The minimum atomic E-state index is -0.127. The van der Waals surface area contributed by atoms with Crippen molar-refractivity contribution in [2.45, 2.75) is 25.9 Å². The van der Waals surface area contributed by atoms with Gasteiger partial charge in [-0.1, -0.05) is 35.9 Å². The van der Waals surface area contributed by atoms with Gasteiger partial charge in [0.2, 0.25) is 0 Å². The molecule has 1 N–H and O–H groups in total. The number of rotatable bonds is 6. The van der Waals surface area contributed by atoms with E-state index in [0.29, 0.717) is 10.1 Å². The molecule has 1 aliphatic heterocycles. The van der Waals surface area contributed by atoms with Crippen LogP contribution in [0.3, 0.4) is 0 Å². The highest BCUT2D eigenvalue weighted by atomic mass is 35.5. The molecule has 0 amide bonds. The quantitative estimate of drug-likeness (QED) is 0.216. The van der Waals surface area contributed by atoms with Gasteiger partial charge in [-0.2, -0.15) is 0 Å². The first-order valence-electron chi connectivity index (χ1n) is 12.8. The standard InChI is InChI=1S/C32H27ClN4OS/c1-21-20-28(22(2)36(21)24-13-11-23(33)12-14-24)31-30(29-10-6-7-19-34-29)35-32(39)37(31)25-15-17-27(18-16-25)38-26-8-4-3-5-9-26/h3-20,30-31H,1-2H3,(H,35,39). The van der Waals surface area contributed by atoms with Crippen LogP contribution in [0, 0.1) is 13.8 Å². The van der Waals surface area contributed by atoms with Crippen LogP contribution in [0.25, 0.3) is 5.69 Å². The predicted molar refractivity (Wildman–Crippen MR) is 161 cm³/mol. The van der Waals surface area contributed by atoms with Crippen LogP contribution in [0.15, 0.2) is 109 Å². The summed E-state index contributed by atoms with van der Waals surface area (Å²) >= 11 is 12.1. The highest BCUT2D eigenvalue weighted by Crippen LogP contribution is 2.44. The Balaban J connectivity index is 1.41. The number of para-hydroxylation sites is 1. The molecule has 1 saturated heterocycles. The topological polar surface area (TPSA) is 42.3 Å². The number of pyridine rings is 1. The van der Waals surface area contributed by atoms with E-state index in [4.69, 9.17) is 33.5 Å². The number of hydrogen-bond acceptors (Lipinski definition) is 3. The van der Waals surface area contributed by atoms with Gasteiger partial charge in [0.25, 0.3) is 0 Å². The van der Waals surface area contributed by atoms with E-state index in [0.717, 1.165) is 40.0 Å². The summed E-state index contributed by atoms with van der Waals surface area (Å²) < 4.78 is 8.29. The molecular formula is C32H27ClN4OS. The van der Waals surface area contributed by atoms with Crippen LogP contribution < -0.4 is 15.0 Å². The van der Waals surface area contributed by atoms with Crippen molar-refractivity contribution in [1.29, 1.82) is 0 Å². The van der Waals surface area contributed by atoms with Crippen molar-refractivity contribution >= 4 is 34.6 Å². The molecule has 2 atom stereocenters. The van der Waals surface area contributed by atoms with E-state index in [1.165, 1.54) is 5.56 Å². The molecular weight excluding hydrogens is 524 g/mol. The van der Waals surface area contributed by atoms with Gasteiger partial charge in [-0.15, -0.1) is 0 Å². The first kappa shape index (κ1) is 25.2. The lowest BCUT2D eigenvalue weighted by atomic mass is 9.96. The maximum atomic E-state index is 6.18. The highest BCUT2D eigenvalue weighted by Gasteiger charge is 2.42. The summed E-state index contributed by atoms with van der Waals surface area (Å²) in [6, 6.07) is 33.8. The molecule has 3 aromatic carbocycles. The fourth-order valence-corrected chi connectivity index (χ4v) is 5.79. The largest absolute Gasteiger partial charge is 0.457 e. The third-order valence-corrected chi connectivity index (χ3v) is 7.63. The Morgan fingerprint density at radius 2 is 1.49 bits per heavy atom. The van der Waals surface area contributed by atoms with Crippen molar-refractivity contribution in [3.05, 3.63) is 137 Å². The predicted octanol–water partition coefficient (Wildman–Crippen LogP) is 8.11. The van der Waals surface area contributed by atoms with E-state index in [-0.39, 0.29) is 12.1 Å². The molecule has 0 saturated carbocycles. The Morgan fingerprint density at radius 3 is 2.18 bits per heavy atom. The zero-order valence-electron chi connectivity index (χ0n) is 21.6. The van der Waals surface area contributed by atoms with Gasteiger partial charge in [-0.25, -0.2) is 0 Å². The van der Waals surface area contributed by atoms with Gasteiger partial charge in [0.1, 0.15) is 11.5 Å². The molecule has 0 bridgehead atoms. The van der Waals surface area contributed by atoms with Crippen LogP contribution in [0.1, 0.15) is 34.7 Å². The molecule has 2 unspecified atom stereocenters. The lowest BCUT2D eigenvalue weighted by Gasteiger charge is -2.28. The number of aromatic nitrogens is 2. The minimum Gasteiger partial charge on any atom is -0.457 e. The van der Waals surface area contributed by atoms with E-state index in [1.807, 2.05) is 91.1 Å². The number of thiocarbonyl (C=S) groups is 1. The molecule has 7 heteroatoms. The fraction of sp³-hybridized carbons (Fsp3) is 0.125. The molecule has 1 aliphatic rings. The number of nitrogens with one attached hydrogen (secondary N) is 1. The van der Waals surface area contributed by atoms with Crippen molar-refractivity contribution in [1.82, 2.24) is 14.9 Å². The summed E-state index contributed by atoms with van der Waals surface area (Å²) in [4.78, 5) is 6.89. The van der Waals surface area contributed by atoms with E-state index in [1.54, 1.807) is 0 Å².